The molecule has 0 unspecified atom stereocenters. The Kier molecular flexibility index (Phi) is 4.52. The molecular weight excluding hydrogens is 318 g/mol. The van der Waals surface area contributed by atoms with Crippen LogP contribution >= 0.6 is 27.5 Å². The molecule has 94 valence electrons. The van der Waals surface area contributed by atoms with Crippen molar-refractivity contribution in [1.82, 2.24) is 9.97 Å². The van der Waals surface area contributed by atoms with Gasteiger partial charge in [0.05, 0.1) is 11.1 Å². The van der Waals surface area contributed by atoms with Crippen molar-refractivity contribution >= 4 is 39.0 Å². The zero-order valence-electron chi connectivity index (χ0n) is 9.65. The van der Waals surface area contributed by atoms with E-state index in [-0.39, 0.29) is 5.28 Å². The Balaban J connectivity index is 2.30. The van der Waals surface area contributed by atoms with E-state index in [0.717, 1.165) is 15.7 Å². The second-order valence-electron chi connectivity index (χ2n) is 3.55. The lowest BCUT2D eigenvalue weighted by Gasteiger charge is -2.11. The van der Waals surface area contributed by atoms with Crippen molar-refractivity contribution < 1.29 is 4.74 Å². The molecule has 4 nitrogen and oxygen atoms in total. The highest BCUT2D eigenvalue weighted by molar-refractivity contribution is 9.10. The monoisotopic (exact) mass is 327 g/mol. The summed E-state index contributed by atoms with van der Waals surface area (Å²) in [6, 6.07) is 7.85. The van der Waals surface area contributed by atoms with E-state index in [9.17, 15) is 0 Å². The maximum absolute atomic E-state index is 5.78. The molecule has 0 aliphatic heterocycles. The van der Waals surface area contributed by atoms with Crippen molar-refractivity contribution in [3.8, 4) is 0 Å². The van der Waals surface area contributed by atoms with Crippen LogP contribution in [0.2, 0.25) is 5.28 Å². The summed E-state index contributed by atoms with van der Waals surface area (Å²) >= 11 is 9.15. The fourth-order valence-corrected chi connectivity index (χ4v) is 1.91. The first-order valence-electron chi connectivity index (χ1n) is 5.22. The molecule has 0 amide bonds. The molecule has 6 heteroatoms. The van der Waals surface area contributed by atoms with Gasteiger partial charge in [-0.3, -0.25) is 0 Å². The molecule has 2 aromatic rings. The second kappa shape index (κ2) is 6.13. The van der Waals surface area contributed by atoms with Crippen LogP contribution in [-0.2, 0) is 11.3 Å². The number of aromatic nitrogens is 2. The molecule has 0 spiro atoms. The number of anilines is 2. The largest absolute Gasteiger partial charge is 0.380 e. The molecule has 1 aromatic carbocycles. The van der Waals surface area contributed by atoms with E-state index in [1.165, 1.54) is 0 Å². The number of benzene rings is 1. The molecule has 18 heavy (non-hydrogen) atoms. The van der Waals surface area contributed by atoms with Crippen LogP contribution in [0.25, 0.3) is 0 Å². The van der Waals surface area contributed by atoms with Gasteiger partial charge in [0.15, 0.2) is 0 Å². The summed E-state index contributed by atoms with van der Waals surface area (Å²) in [5.41, 5.74) is 1.97. The topological polar surface area (TPSA) is 47.0 Å². The van der Waals surface area contributed by atoms with Gasteiger partial charge in [0.1, 0.15) is 5.82 Å². The second-order valence-corrected chi connectivity index (χ2v) is 4.74. The van der Waals surface area contributed by atoms with Gasteiger partial charge in [0.2, 0.25) is 5.28 Å². The standard InChI is InChI=1S/C12H11BrClN3O/c1-18-7-8-4-2-3-5-10(8)16-11-9(13)6-15-12(14)17-11/h2-6H,7H2,1H3,(H,15,16,17). The molecule has 1 heterocycles. The maximum Gasteiger partial charge on any atom is 0.224 e. The van der Waals surface area contributed by atoms with E-state index in [0.29, 0.717) is 12.4 Å². The number of ether oxygens (including phenoxy) is 1. The Morgan fingerprint density at radius 3 is 2.94 bits per heavy atom. The summed E-state index contributed by atoms with van der Waals surface area (Å²) in [6.07, 6.45) is 1.61. The highest BCUT2D eigenvalue weighted by Gasteiger charge is 2.07. The molecule has 0 atom stereocenters. The lowest BCUT2D eigenvalue weighted by atomic mass is 10.2. The lowest BCUT2D eigenvalue weighted by Crippen LogP contribution is -2.00. The van der Waals surface area contributed by atoms with Crippen molar-refractivity contribution in [3.63, 3.8) is 0 Å². The van der Waals surface area contributed by atoms with Crippen molar-refractivity contribution in [3.05, 3.63) is 45.8 Å². The van der Waals surface area contributed by atoms with E-state index in [2.05, 4.69) is 31.2 Å². The number of para-hydroxylation sites is 1. The van der Waals surface area contributed by atoms with Crippen LogP contribution in [0.5, 0.6) is 0 Å². The molecule has 2 rings (SSSR count). The predicted octanol–water partition coefficient (Wildman–Crippen LogP) is 3.78. The fourth-order valence-electron chi connectivity index (χ4n) is 1.48. The van der Waals surface area contributed by atoms with Gasteiger partial charge in [0.25, 0.3) is 0 Å². The number of nitrogens with zero attached hydrogens (tertiary/aromatic N) is 2. The van der Waals surface area contributed by atoms with Crippen molar-refractivity contribution in [2.45, 2.75) is 6.61 Å². The van der Waals surface area contributed by atoms with Gasteiger partial charge < -0.3 is 10.1 Å². The zero-order chi connectivity index (χ0) is 13.0. The molecule has 0 fully saturated rings. The van der Waals surface area contributed by atoms with E-state index in [4.69, 9.17) is 16.3 Å². The van der Waals surface area contributed by atoms with Crippen LogP contribution in [0.15, 0.2) is 34.9 Å². The molecule has 0 aliphatic carbocycles. The van der Waals surface area contributed by atoms with Crippen LogP contribution < -0.4 is 5.32 Å². The number of halogens is 2. The van der Waals surface area contributed by atoms with E-state index in [1.807, 2.05) is 24.3 Å². The first kappa shape index (κ1) is 13.3. The van der Waals surface area contributed by atoms with E-state index < -0.39 is 0 Å². The molecule has 0 saturated carbocycles. The normalized spacial score (nSPS) is 10.4. The summed E-state index contributed by atoms with van der Waals surface area (Å²) in [5.74, 6) is 0.624. The van der Waals surface area contributed by atoms with Crippen molar-refractivity contribution in [2.24, 2.45) is 0 Å². The zero-order valence-corrected chi connectivity index (χ0v) is 12.0. The van der Waals surface area contributed by atoms with Crippen molar-refractivity contribution in [2.75, 3.05) is 12.4 Å². The summed E-state index contributed by atoms with van der Waals surface area (Å²) in [6.45, 7) is 0.527. The van der Waals surface area contributed by atoms with E-state index >= 15 is 0 Å². The quantitative estimate of drug-likeness (QED) is 0.868. The van der Waals surface area contributed by atoms with Gasteiger partial charge in [-0.15, -0.1) is 0 Å². The summed E-state index contributed by atoms with van der Waals surface area (Å²) in [7, 11) is 1.66. The molecule has 0 saturated heterocycles. The van der Waals surface area contributed by atoms with Crippen LogP contribution in [0.4, 0.5) is 11.5 Å². The predicted molar refractivity (Wildman–Crippen MR) is 75.2 cm³/mol. The summed E-state index contributed by atoms with van der Waals surface area (Å²) < 4.78 is 5.90. The number of rotatable bonds is 4. The summed E-state index contributed by atoms with van der Waals surface area (Å²) in [5, 5.41) is 3.40. The first-order chi connectivity index (χ1) is 8.70. The van der Waals surface area contributed by atoms with Gasteiger partial charge in [-0.2, -0.15) is 4.98 Å². The summed E-state index contributed by atoms with van der Waals surface area (Å²) in [4.78, 5) is 8.01. The van der Waals surface area contributed by atoms with Gasteiger partial charge in [-0.1, -0.05) is 18.2 Å². The van der Waals surface area contributed by atoms with Gasteiger partial charge in [-0.25, -0.2) is 4.98 Å². The molecule has 1 N–H and O–H groups in total. The third kappa shape index (κ3) is 3.19. The molecule has 1 aromatic heterocycles. The number of methoxy groups -OCH3 is 1. The molecule has 0 radical (unpaired) electrons. The smallest absolute Gasteiger partial charge is 0.224 e. The van der Waals surface area contributed by atoms with Gasteiger partial charge in [0, 0.05) is 24.6 Å². The fraction of sp³-hybridized carbons (Fsp3) is 0.167. The minimum absolute atomic E-state index is 0.199. The van der Waals surface area contributed by atoms with Crippen molar-refractivity contribution in [1.29, 1.82) is 0 Å². The average Bonchev–Trinajstić information content (AvgIpc) is 2.36. The Morgan fingerprint density at radius 2 is 2.17 bits per heavy atom. The van der Waals surface area contributed by atoms with Gasteiger partial charge in [-0.05, 0) is 33.6 Å². The Bertz CT molecular complexity index is 551. The maximum atomic E-state index is 5.78. The number of hydrogen-bond acceptors (Lipinski definition) is 4. The number of nitrogens with one attached hydrogen (secondary N) is 1. The molecule has 0 aliphatic rings. The average molecular weight is 329 g/mol. The van der Waals surface area contributed by atoms with Crippen LogP contribution in [0.3, 0.4) is 0 Å². The minimum Gasteiger partial charge on any atom is -0.380 e. The highest BCUT2D eigenvalue weighted by atomic mass is 79.9. The van der Waals surface area contributed by atoms with Crippen LogP contribution in [-0.4, -0.2) is 17.1 Å². The van der Waals surface area contributed by atoms with Crippen LogP contribution in [0, 0.1) is 0 Å². The third-order valence-corrected chi connectivity index (χ3v) is 3.05. The SMILES string of the molecule is COCc1ccccc1Nc1nc(Cl)ncc1Br. The molecular formula is C12H11BrClN3O. The Labute approximate surface area is 118 Å². The minimum atomic E-state index is 0.199. The first-order valence-corrected chi connectivity index (χ1v) is 6.39. The molecule has 0 bridgehead atoms. The Hall–Kier alpha value is -1.17. The Morgan fingerprint density at radius 1 is 1.39 bits per heavy atom. The van der Waals surface area contributed by atoms with Gasteiger partial charge >= 0.3 is 0 Å². The lowest BCUT2D eigenvalue weighted by molar-refractivity contribution is 0.185. The highest BCUT2D eigenvalue weighted by Crippen LogP contribution is 2.26. The van der Waals surface area contributed by atoms with Crippen LogP contribution in [0.1, 0.15) is 5.56 Å². The third-order valence-electron chi connectivity index (χ3n) is 2.28. The number of hydrogen-bond donors (Lipinski definition) is 1. The van der Waals surface area contributed by atoms with E-state index in [1.54, 1.807) is 13.3 Å².